The SMILES string of the molecule is CC1CC(CC(=O)C2=CC3(CC3)CN(C3=c4cc[nH]c4=NCC3)CCCCCC2)=NC(C)CC=N1. The number of hydrogen-bond donors (Lipinski definition) is 1. The van der Waals surface area contributed by atoms with E-state index in [4.69, 9.17) is 4.99 Å². The van der Waals surface area contributed by atoms with Gasteiger partial charge in [-0.15, -0.1) is 0 Å². The summed E-state index contributed by atoms with van der Waals surface area (Å²) in [6.45, 7) is 7.23. The van der Waals surface area contributed by atoms with E-state index in [0.717, 1.165) is 68.5 Å². The Bertz CT molecular complexity index is 1140. The fourth-order valence-electron chi connectivity index (χ4n) is 5.91. The number of fused-ring (bicyclic) bond motifs is 1. The Balaban J connectivity index is 1.38. The van der Waals surface area contributed by atoms with Crippen molar-refractivity contribution < 1.29 is 4.79 Å². The quantitative estimate of drug-likeness (QED) is 0.710. The van der Waals surface area contributed by atoms with Crippen LogP contribution in [0.15, 0.2) is 38.9 Å². The second kappa shape index (κ2) is 10.6. The molecule has 2 atom stereocenters. The van der Waals surface area contributed by atoms with Crippen molar-refractivity contribution in [3.8, 4) is 0 Å². The molecule has 0 amide bonds. The topological polar surface area (TPSA) is 73.2 Å². The number of carbonyl (C=O) groups excluding carboxylic acids is 1. The number of ketones is 1. The van der Waals surface area contributed by atoms with Crippen molar-refractivity contribution in [1.82, 2.24) is 9.88 Å². The van der Waals surface area contributed by atoms with Gasteiger partial charge in [-0.1, -0.05) is 18.9 Å². The molecule has 0 aromatic carbocycles. The maximum absolute atomic E-state index is 13.6. The van der Waals surface area contributed by atoms with Gasteiger partial charge in [-0.05, 0) is 57.6 Å². The maximum Gasteiger partial charge on any atom is 0.164 e. The summed E-state index contributed by atoms with van der Waals surface area (Å²) in [6, 6.07) is 2.60. The van der Waals surface area contributed by atoms with Crippen molar-refractivity contribution in [2.75, 3.05) is 19.6 Å². The molecule has 188 valence electrons. The average Bonchev–Trinajstić information content (AvgIpc) is 3.40. The second-order valence-corrected chi connectivity index (χ2v) is 11.2. The van der Waals surface area contributed by atoms with Crippen LogP contribution in [0, 0.1) is 5.41 Å². The molecule has 1 aromatic rings. The summed E-state index contributed by atoms with van der Waals surface area (Å²) in [4.78, 5) is 33.8. The van der Waals surface area contributed by atoms with E-state index in [9.17, 15) is 4.79 Å². The molecule has 1 saturated carbocycles. The normalized spacial score (nSPS) is 27.0. The fourth-order valence-corrected chi connectivity index (χ4v) is 5.91. The van der Waals surface area contributed by atoms with Crippen LogP contribution in [0.1, 0.15) is 84.5 Å². The van der Waals surface area contributed by atoms with E-state index in [1.807, 2.05) is 12.4 Å². The van der Waals surface area contributed by atoms with Crippen molar-refractivity contribution in [1.29, 1.82) is 0 Å². The summed E-state index contributed by atoms with van der Waals surface area (Å²) in [6.07, 6.45) is 17.5. The molecule has 4 aliphatic rings. The molecule has 5 rings (SSSR count). The van der Waals surface area contributed by atoms with Gasteiger partial charge >= 0.3 is 0 Å². The first-order valence-electron chi connectivity index (χ1n) is 13.8. The molecule has 3 aliphatic heterocycles. The third-order valence-corrected chi connectivity index (χ3v) is 8.00. The molecule has 6 nitrogen and oxygen atoms in total. The van der Waals surface area contributed by atoms with Crippen LogP contribution in [0.25, 0.3) is 5.70 Å². The van der Waals surface area contributed by atoms with Crippen LogP contribution < -0.4 is 10.7 Å². The minimum absolute atomic E-state index is 0.140. The van der Waals surface area contributed by atoms with Gasteiger partial charge in [0.25, 0.3) is 0 Å². The summed E-state index contributed by atoms with van der Waals surface area (Å²) in [5.41, 5.74) is 4.71. The lowest BCUT2D eigenvalue weighted by atomic mass is 9.92. The Morgan fingerprint density at radius 3 is 2.86 bits per heavy atom. The number of aromatic amines is 1. The smallest absolute Gasteiger partial charge is 0.164 e. The van der Waals surface area contributed by atoms with E-state index < -0.39 is 0 Å². The molecule has 1 fully saturated rings. The molecule has 1 spiro atoms. The van der Waals surface area contributed by atoms with E-state index in [0.29, 0.717) is 12.2 Å². The van der Waals surface area contributed by atoms with Crippen molar-refractivity contribution in [2.24, 2.45) is 20.4 Å². The highest BCUT2D eigenvalue weighted by Crippen LogP contribution is 2.49. The van der Waals surface area contributed by atoms with Gasteiger partial charge in [0.1, 0.15) is 5.49 Å². The maximum atomic E-state index is 13.6. The predicted molar refractivity (Wildman–Crippen MR) is 143 cm³/mol. The molecule has 35 heavy (non-hydrogen) atoms. The molecule has 0 radical (unpaired) electrons. The summed E-state index contributed by atoms with van der Waals surface area (Å²) >= 11 is 0. The monoisotopic (exact) mass is 475 g/mol. The predicted octanol–water partition coefficient (Wildman–Crippen LogP) is 4.16. The van der Waals surface area contributed by atoms with Gasteiger partial charge in [-0.3, -0.25) is 19.8 Å². The van der Waals surface area contributed by atoms with Crippen LogP contribution in [-0.2, 0) is 4.79 Å². The molecule has 1 aromatic heterocycles. The molecule has 1 aliphatic carbocycles. The van der Waals surface area contributed by atoms with Gasteiger partial charge < -0.3 is 9.88 Å². The fraction of sp³-hybridized carbons (Fsp3) is 0.655. The standard InChI is InChI=1S/C29H41N5O/c1-21-8-13-30-22(2)17-24(33-21)18-27(35)23-7-5-3-4-6-16-34(20-29(19-23)11-12-29)26-10-15-32-28-25(26)9-14-31-28/h9,13-14,19,21-22H,3-8,10-12,15-18,20H2,1-2H3,(H,31,32). The molecule has 2 unspecified atom stereocenters. The van der Waals surface area contributed by atoms with Gasteiger partial charge in [0.05, 0.1) is 12.1 Å². The minimum atomic E-state index is 0.140. The average molecular weight is 476 g/mol. The zero-order valence-electron chi connectivity index (χ0n) is 21.6. The zero-order valence-corrected chi connectivity index (χ0v) is 21.6. The van der Waals surface area contributed by atoms with Crippen molar-refractivity contribution in [3.05, 3.63) is 34.6 Å². The van der Waals surface area contributed by atoms with Crippen LogP contribution in [0.5, 0.6) is 0 Å². The van der Waals surface area contributed by atoms with E-state index in [1.165, 1.54) is 43.0 Å². The van der Waals surface area contributed by atoms with Gasteiger partial charge in [0, 0.05) is 79.8 Å². The molecule has 4 heterocycles. The van der Waals surface area contributed by atoms with E-state index in [2.05, 4.69) is 45.9 Å². The number of carbonyl (C=O) groups is 1. The number of nitrogens with zero attached hydrogens (tertiary/aromatic N) is 4. The first-order chi connectivity index (χ1) is 17.0. The van der Waals surface area contributed by atoms with Gasteiger partial charge in [0.15, 0.2) is 5.78 Å². The van der Waals surface area contributed by atoms with Crippen LogP contribution >= 0.6 is 0 Å². The third kappa shape index (κ3) is 6.02. The number of hydrogen-bond acceptors (Lipinski definition) is 5. The molecular formula is C29H41N5O. The highest BCUT2D eigenvalue weighted by Gasteiger charge is 2.43. The van der Waals surface area contributed by atoms with Crippen LogP contribution in [0.2, 0.25) is 0 Å². The first kappa shape index (κ1) is 24.2. The summed E-state index contributed by atoms with van der Waals surface area (Å²) in [5.74, 6) is 0.293. The number of aromatic nitrogens is 1. The largest absolute Gasteiger partial charge is 0.373 e. The Morgan fingerprint density at radius 2 is 2.00 bits per heavy atom. The minimum Gasteiger partial charge on any atom is -0.373 e. The van der Waals surface area contributed by atoms with E-state index in [1.54, 1.807) is 0 Å². The Hall–Kier alpha value is -2.50. The summed E-state index contributed by atoms with van der Waals surface area (Å²) < 4.78 is 0. The second-order valence-electron chi connectivity index (χ2n) is 11.2. The van der Waals surface area contributed by atoms with E-state index in [-0.39, 0.29) is 17.5 Å². The third-order valence-electron chi connectivity index (χ3n) is 8.00. The molecule has 6 heteroatoms. The Labute approximate surface area is 209 Å². The Kier molecular flexibility index (Phi) is 7.35. The highest BCUT2D eigenvalue weighted by atomic mass is 16.1. The van der Waals surface area contributed by atoms with Crippen molar-refractivity contribution in [3.63, 3.8) is 0 Å². The van der Waals surface area contributed by atoms with Gasteiger partial charge in [0.2, 0.25) is 0 Å². The van der Waals surface area contributed by atoms with Crippen LogP contribution in [-0.4, -0.2) is 59.3 Å². The van der Waals surface area contributed by atoms with Gasteiger partial charge in [-0.25, -0.2) is 0 Å². The number of allylic oxidation sites excluding steroid dienone is 1. The lowest BCUT2D eigenvalue weighted by Gasteiger charge is -2.31. The molecule has 0 bridgehead atoms. The number of Topliss-reactive ketones (excluding diaryl/α,β-unsaturated/α-hetero) is 1. The summed E-state index contributed by atoms with van der Waals surface area (Å²) in [5, 5.41) is 1.27. The number of aliphatic imine (C=N–C) groups is 2. The van der Waals surface area contributed by atoms with Crippen LogP contribution in [0.4, 0.5) is 0 Å². The Morgan fingerprint density at radius 1 is 1.14 bits per heavy atom. The molecule has 0 saturated heterocycles. The summed E-state index contributed by atoms with van der Waals surface area (Å²) in [7, 11) is 0. The molecule has 1 N–H and O–H groups in total. The zero-order chi connectivity index (χ0) is 24.3. The molecular weight excluding hydrogens is 434 g/mol. The van der Waals surface area contributed by atoms with Crippen LogP contribution in [0.3, 0.4) is 0 Å². The van der Waals surface area contributed by atoms with E-state index >= 15 is 0 Å². The van der Waals surface area contributed by atoms with Crippen molar-refractivity contribution >= 4 is 23.4 Å². The lowest BCUT2D eigenvalue weighted by molar-refractivity contribution is -0.114. The first-order valence-corrected chi connectivity index (χ1v) is 13.8. The number of rotatable bonds is 4. The van der Waals surface area contributed by atoms with Crippen molar-refractivity contribution in [2.45, 2.75) is 96.6 Å². The highest BCUT2D eigenvalue weighted by molar-refractivity contribution is 6.09. The van der Waals surface area contributed by atoms with Gasteiger partial charge in [-0.2, -0.15) is 0 Å². The lowest BCUT2D eigenvalue weighted by Crippen LogP contribution is -2.39. The number of nitrogens with one attached hydrogen (secondary N) is 1. The number of H-pyrrole nitrogens is 1.